The minimum absolute atomic E-state index is 0.0150. The molecule has 0 fully saturated rings. The third-order valence-electron chi connectivity index (χ3n) is 4.51. The second-order valence-corrected chi connectivity index (χ2v) is 6.30. The zero-order valence-electron chi connectivity index (χ0n) is 15.2. The van der Waals surface area contributed by atoms with E-state index >= 15 is 0 Å². The van der Waals surface area contributed by atoms with E-state index in [-0.39, 0.29) is 17.0 Å². The Morgan fingerprint density at radius 1 is 1.22 bits per heavy atom. The van der Waals surface area contributed by atoms with E-state index < -0.39 is 29.6 Å². The summed E-state index contributed by atoms with van der Waals surface area (Å²) in [4.78, 5) is 27.9. The summed E-state index contributed by atoms with van der Waals surface area (Å²) in [6, 6.07) is 3.12. The first kappa shape index (κ1) is 18.6. The topological polar surface area (TPSA) is 78.7 Å². The van der Waals surface area contributed by atoms with Crippen LogP contribution >= 0.6 is 0 Å². The number of benzene rings is 1. The summed E-state index contributed by atoms with van der Waals surface area (Å²) in [6.45, 7) is 3.26. The summed E-state index contributed by atoms with van der Waals surface area (Å²) in [5.41, 5.74) is 0.511. The number of nitrogens with one attached hydrogen (secondary N) is 1. The number of likely N-dealkylation sites (N-methyl/N-ethyl adjacent to an activating group) is 1. The van der Waals surface area contributed by atoms with Crippen molar-refractivity contribution in [2.24, 2.45) is 0 Å². The van der Waals surface area contributed by atoms with Crippen molar-refractivity contribution >= 4 is 17.8 Å². The summed E-state index contributed by atoms with van der Waals surface area (Å²) in [7, 11) is 2.96. The molecule has 0 bridgehead atoms. The molecule has 27 heavy (non-hydrogen) atoms. The van der Waals surface area contributed by atoms with Crippen molar-refractivity contribution in [1.82, 2.24) is 15.0 Å². The fourth-order valence-corrected chi connectivity index (χ4v) is 3.05. The van der Waals surface area contributed by atoms with Gasteiger partial charge in [0.1, 0.15) is 17.4 Å². The number of aryl methyl sites for hydroxylation is 1. The van der Waals surface area contributed by atoms with Crippen LogP contribution in [0.1, 0.15) is 24.3 Å². The third-order valence-corrected chi connectivity index (χ3v) is 4.51. The van der Waals surface area contributed by atoms with Gasteiger partial charge in [0.25, 0.3) is 5.91 Å². The van der Waals surface area contributed by atoms with Crippen LogP contribution in [0.4, 0.5) is 19.4 Å². The minimum Gasteiger partial charge on any atom is -0.360 e. The Kier molecular flexibility index (Phi) is 4.69. The Bertz CT molecular complexity index is 954. The number of carbonyl (C=O) groups is 2. The molecule has 0 aliphatic carbocycles. The lowest BCUT2D eigenvalue weighted by Gasteiger charge is -2.39. The molecule has 1 aromatic heterocycles. The number of halogens is 2. The van der Waals surface area contributed by atoms with Gasteiger partial charge in [-0.15, -0.1) is 0 Å². The van der Waals surface area contributed by atoms with Crippen LogP contribution in [-0.2, 0) is 4.79 Å². The number of aromatic nitrogens is 1. The first-order chi connectivity index (χ1) is 12.7. The van der Waals surface area contributed by atoms with E-state index in [0.717, 1.165) is 12.1 Å². The number of amides is 3. The van der Waals surface area contributed by atoms with Crippen LogP contribution in [-0.4, -0.2) is 41.0 Å². The number of nitrogens with zero attached hydrogens (tertiary/aromatic N) is 3. The fraction of sp³-hybridized carbons (Fsp3) is 0.278. The third kappa shape index (κ3) is 3.27. The van der Waals surface area contributed by atoms with Crippen molar-refractivity contribution in [1.29, 1.82) is 0 Å². The van der Waals surface area contributed by atoms with Gasteiger partial charge >= 0.3 is 6.03 Å². The van der Waals surface area contributed by atoms with Crippen LogP contribution in [0.5, 0.6) is 0 Å². The SMILES string of the molecule is CC1=C(C(=O)Nc2cc(C)on2)C(c2ccc(F)cc2F)N(C)C(=O)N1C. The first-order valence-electron chi connectivity index (χ1n) is 8.11. The van der Waals surface area contributed by atoms with Gasteiger partial charge in [0.15, 0.2) is 5.82 Å². The van der Waals surface area contributed by atoms with Crippen molar-refractivity contribution in [2.45, 2.75) is 19.9 Å². The maximum atomic E-state index is 14.5. The van der Waals surface area contributed by atoms with Gasteiger partial charge in [-0.3, -0.25) is 4.79 Å². The van der Waals surface area contributed by atoms with Crippen LogP contribution in [0.15, 0.2) is 40.1 Å². The first-order valence-corrected chi connectivity index (χ1v) is 8.11. The van der Waals surface area contributed by atoms with Gasteiger partial charge in [0.2, 0.25) is 0 Å². The van der Waals surface area contributed by atoms with Gasteiger partial charge in [0.05, 0.1) is 11.6 Å². The normalized spacial score (nSPS) is 17.6. The maximum Gasteiger partial charge on any atom is 0.324 e. The number of urea groups is 1. The molecule has 2 heterocycles. The molecule has 9 heteroatoms. The highest BCUT2D eigenvalue weighted by molar-refractivity contribution is 6.06. The van der Waals surface area contributed by atoms with Crippen molar-refractivity contribution in [2.75, 3.05) is 19.4 Å². The monoisotopic (exact) mass is 376 g/mol. The average Bonchev–Trinajstić information content (AvgIpc) is 3.01. The number of rotatable bonds is 3. The van der Waals surface area contributed by atoms with Gasteiger partial charge in [0, 0.05) is 37.5 Å². The second kappa shape index (κ2) is 6.82. The van der Waals surface area contributed by atoms with Crippen molar-refractivity contribution in [3.8, 4) is 0 Å². The molecule has 142 valence electrons. The summed E-state index contributed by atoms with van der Waals surface area (Å²) >= 11 is 0. The maximum absolute atomic E-state index is 14.5. The smallest absolute Gasteiger partial charge is 0.324 e. The Labute approximate surface area is 154 Å². The zero-order chi connectivity index (χ0) is 19.9. The number of carbonyl (C=O) groups excluding carboxylic acids is 2. The Morgan fingerprint density at radius 3 is 2.52 bits per heavy atom. The highest BCUT2D eigenvalue weighted by Gasteiger charge is 2.39. The highest BCUT2D eigenvalue weighted by Crippen LogP contribution is 2.37. The largest absolute Gasteiger partial charge is 0.360 e. The molecule has 1 N–H and O–H groups in total. The summed E-state index contributed by atoms with van der Waals surface area (Å²) in [6.07, 6.45) is 0. The fourth-order valence-electron chi connectivity index (χ4n) is 3.05. The quantitative estimate of drug-likeness (QED) is 0.892. The molecule has 1 aliphatic rings. The Hall–Kier alpha value is -3.23. The molecule has 7 nitrogen and oxygen atoms in total. The lowest BCUT2D eigenvalue weighted by atomic mass is 9.92. The van der Waals surface area contributed by atoms with Gasteiger partial charge in [-0.05, 0) is 19.9 Å². The molecule has 1 unspecified atom stereocenters. The van der Waals surface area contributed by atoms with Crippen LogP contribution < -0.4 is 5.32 Å². The van der Waals surface area contributed by atoms with Gasteiger partial charge < -0.3 is 19.6 Å². The van der Waals surface area contributed by atoms with Crippen LogP contribution in [0, 0.1) is 18.6 Å². The van der Waals surface area contributed by atoms with E-state index in [1.54, 1.807) is 13.8 Å². The summed E-state index contributed by atoms with van der Waals surface area (Å²) in [5, 5.41) is 6.29. The lowest BCUT2D eigenvalue weighted by molar-refractivity contribution is -0.113. The molecule has 3 amide bonds. The molecule has 2 aromatic rings. The van der Waals surface area contributed by atoms with E-state index in [1.165, 1.54) is 36.0 Å². The molecule has 0 spiro atoms. The molecular weight excluding hydrogens is 358 g/mol. The molecule has 0 saturated carbocycles. The molecule has 0 saturated heterocycles. The molecule has 1 aliphatic heterocycles. The molecule has 1 aromatic carbocycles. The van der Waals surface area contributed by atoms with Gasteiger partial charge in [-0.2, -0.15) is 0 Å². The highest BCUT2D eigenvalue weighted by atomic mass is 19.1. The van der Waals surface area contributed by atoms with Crippen LogP contribution in [0.25, 0.3) is 0 Å². The zero-order valence-corrected chi connectivity index (χ0v) is 15.2. The predicted octanol–water partition coefficient (Wildman–Crippen LogP) is 3.21. The van der Waals surface area contributed by atoms with Crippen molar-refractivity contribution < 1.29 is 22.9 Å². The van der Waals surface area contributed by atoms with Crippen LogP contribution in [0.3, 0.4) is 0 Å². The van der Waals surface area contributed by atoms with Crippen LogP contribution in [0.2, 0.25) is 0 Å². The summed E-state index contributed by atoms with van der Waals surface area (Å²) in [5.74, 6) is -1.47. The number of anilines is 1. The lowest BCUT2D eigenvalue weighted by Crippen LogP contribution is -2.48. The standard InChI is InChI=1S/C18H18F2N4O3/c1-9-7-14(22-27-9)21-17(25)15-10(2)23(3)18(26)24(4)16(15)12-6-5-11(19)8-13(12)20/h5-8,16H,1-4H3,(H,21,22,25). The summed E-state index contributed by atoms with van der Waals surface area (Å²) < 4.78 is 32.7. The van der Waals surface area contributed by atoms with Gasteiger partial charge in [-0.1, -0.05) is 11.2 Å². The molecule has 1 atom stereocenters. The van der Waals surface area contributed by atoms with E-state index in [0.29, 0.717) is 11.5 Å². The molecular formula is C18H18F2N4O3. The number of allylic oxidation sites excluding steroid dienone is 1. The Morgan fingerprint density at radius 2 is 1.93 bits per heavy atom. The second-order valence-electron chi connectivity index (χ2n) is 6.30. The minimum atomic E-state index is -1.03. The average molecular weight is 376 g/mol. The molecule has 3 rings (SSSR count). The Balaban J connectivity index is 2.09. The van der Waals surface area contributed by atoms with Crippen molar-refractivity contribution in [3.05, 3.63) is 58.5 Å². The van der Waals surface area contributed by atoms with E-state index in [4.69, 9.17) is 4.52 Å². The van der Waals surface area contributed by atoms with E-state index in [9.17, 15) is 18.4 Å². The number of hydrogen-bond donors (Lipinski definition) is 1. The van der Waals surface area contributed by atoms with E-state index in [1.807, 2.05) is 0 Å². The molecule has 0 radical (unpaired) electrons. The van der Waals surface area contributed by atoms with Gasteiger partial charge in [-0.25, -0.2) is 13.6 Å². The number of hydrogen-bond acceptors (Lipinski definition) is 4. The predicted molar refractivity (Wildman–Crippen MR) is 92.6 cm³/mol. The van der Waals surface area contributed by atoms with E-state index in [2.05, 4.69) is 10.5 Å². The van der Waals surface area contributed by atoms with Crippen molar-refractivity contribution in [3.63, 3.8) is 0 Å².